The third kappa shape index (κ3) is 3.01. The molecule has 0 heterocycles. The average molecular weight is 269 g/mol. The minimum atomic E-state index is -1.53. The number of hydrogen-bond donors (Lipinski definition) is 1. The molecule has 0 aliphatic rings. The van der Waals surface area contributed by atoms with Gasteiger partial charge in [0, 0.05) is 6.07 Å². The number of nitrogens with zero attached hydrogens (tertiary/aromatic N) is 2. The van der Waals surface area contributed by atoms with Gasteiger partial charge in [-0.1, -0.05) is 6.92 Å². The van der Waals surface area contributed by atoms with Gasteiger partial charge in [0.1, 0.15) is 5.92 Å². The Bertz CT molecular complexity index is 569. The van der Waals surface area contributed by atoms with E-state index in [-0.39, 0.29) is 6.42 Å². The van der Waals surface area contributed by atoms with Crippen molar-refractivity contribution in [3.8, 4) is 6.07 Å². The molecule has 1 amide bonds. The van der Waals surface area contributed by atoms with E-state index in [1.165, 1.54) is 0 Å². The van der Waals surface area contributed by atoms with E-state index in [1.54, 1.807) is 13.0 Å². The highest BCUT2D eigenvalue weighted by atomic mass is 19.2. The Morgan fingerprint density at radius 1 is 1.58 bits per heavy atom. The Hall–Kier alpha value is -2.56. The fourth-order valence-electron chi connectivity index (χ4n) is 1.36. The third-order valence-electron chi connectivity index (χ3n) is 2.40. The Labute approximate surface area is 106 Å². The van der Waals surface area contributed by atoms with Crippen LogP contribution in [0.4, 0.5) is 20.2 Å². The normalized spacial score (nSPS) is 11.5. The van der Waals surface area contributed by atoms with Crippen LogP contribution in [0.2, 0.25) is 0 Å². The number of nitrogens with one attached hydrogen (secondary N) is 1. The summed E-state index contributed by atoms with van der Waals surface area (Å²) in [5.41, 5.74) is -1.65. The number of nitriles is 1. The topological polar surface area (TPSA) is 96.0 Å². The minimum absolute atomic E-state index is 0.146. The molecule has 0 aliphatic carbocycles. The monoisotopic (exact) mass is 269 g/mol. The smallest absolute Gasteiger partial charge is 0.296 e. The minimum Gasteiger partial charge on any atom is -0.317 e. The molecule has 1 unspecified atom stereocenters. The van der Waals surface area contributed by atoms with Crippen LogP contribution < -0.4 is 5.32 Å². The number of hydrogen-bond acceptors (Lipinski definition) is 4. The molecule has 0 radical (unpaired) electrons. The molecule has 0 bridgehead atoms. The summed E-state index contributed by atoms with van der Waals surface area (Å²) in [5.74, 6) is -4.87. The second kappa shape index (κ2) is 5.86. The van der Waals surface area contributed by atoms with Crippen LogP contribution in [0.25, 0.3) is 0 Å². The SMILES string of the molecule is CCC(C#N)C(=O)Nc1c([N+](=O)[O-])ccc(F)c1F. The summed E-state index contributed by atoms with van der Waals surface area (Å²) in [6, 6.07) is 2.98. The molecule has 0 spiro atoms. The summed E-state index contributed by atoms with van der Waals surface area (Å²) in [6.07, 6.45) is 0.146. The highest BCUT2D eigenvalue weighted by molar-refractivity contribution is 5.96. The standard InChI is InChI=1S/C11H9F2N3O3/c1-2-6(5-14)11(17)15-10-8(16(18)19)4-3-7(12)9(10)13/h3-4,6H,2H2,1H3,(H,15,17). The summed E-state index contributed by atoms with van der Waals surface area (Å²) < 4.78 is 26.5. The Kier molecular flexibility index (Phi) is 4.47. The van der Waals surface area contributed by atoms with Crippen LogP contribution in [0.5, 0.6) is 0 Å². The third-order valence-corrected chi connectivity index (χ3v) is 2.40. The van der Waals surface area contributed by atoms with Crippen LogP contribution in [0.3, 0.4) is 0 Å². The first-order valence-electron chi connectivity index (χ1n) is 5.25. The van der Waals surface area contributed by atoms with E-state index in [0.717, 1.165) is 6.07 Å². The van der Waals surface area contributed by atoms with Gasteiger partial charge in [-0.2, -0.15) is 5.26 Å². The van der Waals surface area contributed by atoms with Gasteiger partial charge in [-0.15, -0.1) is 0 Å². The fourth-order valence-corrected chi connectivity index (χ4v) is 1.36. The number of anilines is 1. The molecule has 0 fully saturated rings. The number of nitro benzene ring substituents is 1. The van der Waals surface area contributed by atoms with Crippen molar-refractivity contribution >= 4 is 17.3 Å². The van der Waals surface area contributed by atoms with Gasteiger partial charge in [0.25, 0.3) is 5.69 Å². The lowest BCUT2D eigenvalue weighted by Gasteiger charge is -2.09. The first-order valence-corrected chi connectivity index (χ1v) is 5.25. The van der Waals surface area contributed by atoms with Crippen molar-refractivity contribution in [1.82, 2.24) is 0 Å². The van der Waals surface area contributed by atoms with Crippen LogP contribution in [-0.2, 0) is 4.79 Å². The zero-order chi connectivity index (χ0) is 14.6. The van der Waals surface area contributed by atoms with E-state index in [4.69, 9.17) is 5.26 Å². The van der Waals surface area contributed by atoms with Gasteiger partial charge in [0.2, 0.25) is 5.91 Å². The van der Waals surface area contributed by atoms with Crippen LogP contribution in [0.1, 0.15) is 13.3 Å². The largest absolute Gasteiger partial charge is 0.317 e. The second-order valence-corrected chi connectivity index (χ2v) is 3.59. The molecular formula is C11H9F2N3O3. The predicted octanol–water partition coefficient (Wildman–Crippen LogP) is 2.36. The van der Waals surface area contributed by atoms with Gasteiger partial charge >= 0.3 is 0 Å². The molecule has 0 saturated carbocycles. The first kappa shape index (κ1) is 14.5. The lowest BCUT2D eigenvalue weighted by Crippen LogP contribution is -2.22. The zero-order valence-electron chi connectivity index (χ0n) is 9.81. The van der Waals surface area contributed by atoms with E-state index >= 15 is 0 Å². The molecule has 8 heteroatoms. The molecule has 1 aromatic rings. The van der Waals surface area contributed by atoms with E-state index in [2.05, 4.69) is 0 Å². The molecule has 19 heavy (non-hydrogen) atoms. The Balaban J connectivity index is 3.20. The summed E-state index contributed by atoms with van der Waals surface area (Å²) in [6.45, 7) is 1.55. The van der Waals surface area contributed by atoms with Crippen molar-refractivity contribution in [3.05, 3.63) is 33.9 Å². The number of benzene rings is 1. The second-order valence-electron chi connectivity index (χ2n) is 3.59. The van der Waals surface area contributed by atoms with E-state index in [9.17, 15) is 23.7 Å². The molecule has 6 nitrogen and oxygen atoms in total. The maximum Gasteiger partial charge on any atom is 0.296 e. The summed E-state index contributed by atoms with van der Waals surface area (Å²) >= 11 is 0. The van der Waals surface area contributed by atoms with E-state index < -0.39 is 39.8 Å². The number of nitro groups is 1. The summed E-state index contributed by atoms with van der Waals surface area (Å²) in [7, 11) is 0. The predicted molar refractivity (Wildman–Crippen MR) is 61.0 cm³/mol. The molecule has 1 atom stereocenters. The molecule has 0 saturated heterocycles. The molecule has 1 aromatic carbocycles. The molecule has 0 aromatic heterocycles. The first-order chi connectivity index (χ1) is 8.92. The highest BCUT2D eigenvalue weighted by Crippen LogP contribution is 2.29. The van der Waals surface area contributed by atoms with Crippen molar-refractivity contribution in [2.24, 2.45) is 5.92 Å². The lowest BCUT2D eigenvalue weighted by atomic mass is 10.1. The molecular weight excluding hydrogens is 260 g/mol. The lowest BCUT2D eigenvalue weighted by molar-refractivity contribution is -0.384. The van der Waals surface area contributed by atoms with E-state index in [0.29, 0.717) is 6.07 Å². The van der Waals surface area contributed by atoms with Gasteiger partial charge in [-0.25, -0.2) is 8.78 Å². The van der Waals surface area contributed by atoms with Crippen molar-refractivity contribution in [3.63, 3.8) is 0 Å². The number of carbonyl (C=O) groups is 1. The van der Waals surface area contributed by atoms with Gasteiger partial charge in [-0.3, -0.25) is 14.9 Å². The van der Waals surface area contributed by atoms with Crippen molar-refractivity contribution in [1.29, 1.82) is 5.26 Å². The summed E-state index contributed by atoms with van der Waals surface area (Å²) in [5, 5.41) is 21.2. The highest BCUT2D eigenvalue weighted by Gasteiger charge is 2.25. The molecule has 1 rings (SSSR count). The Morgan fingerprint density at radius 3 is 2.68 bits per heavy atom. The van der Waals surface area contributed by atoms with Crippen molar-refractivity contribution in [2.45, 2.75) is 13.3 Å². The van der Waals surface area contributed by atoms with E-state index in [1.807, 2.05) is 5.32 Å². The number of carbonyl (C=O) groups excluding carboxylic acids is 1. The maximum absolute atomic E-state index is 13.5. The quantitative estimate of drug-likeness (QED) is 0.670. The van der Waals surface area contributed by atoms with Gasteiger partial charge < -0.3 is 5.32 Å². The maximum atomic E-state index is 13.5. The van der Waals surface area contributed by atoms with Gasteiger partial charge in [-0.05, 0) is 12.5 Å². The number of amides is 1. The molecule has 100 valence electrons. The number of halogens is 2. The summed E-state index contributed by atoms with van der Waals surface area (Å²) in [4.78, 5) is 21.3. The van der Waals surface area contributed by atoms with Crippen molar-refractivity contribution < 1.29 is 18.5 Å². The van der Waals surface area contributed by atoms with Crippen LogP contribution in [0.15, 0.2) is 12.1 Å². The van der Waals surface area contributed by atoms with Crippen LogP contribution in [-0.4, -0.2) is 10.8 Å². The number of rotatable bonds is 4. The molecule has 0 aliphatic heterocycles. The Morgan fingerprint density at radius 2 is 2.21 bits per heavy atom. The average Bonchev–Trinajstić information content (AvgIpc) is 2.36. The van der Waals surface area contributed by atoms with Gasteiger partial charge in [0.15, 0.2) is 17.3 Å². The van der Waals surface area contributed by atoms with Crippen LogP contribution in [0, 0.1) is 39.0 Å². The zero-order valence-corrected chi connectivity index (χ0v) is 9.81. The fraction of sp³-hybridized carbons (Fsp3) is 0.273. The van der Waals surface area contributed by atoms with Crippen molar-refractivity contribution in [2.75, 3.05) is 5.32 Å². The molecule has 1 N–H and O–H groups in total. The van der Waals surface area contributed by atoms with Gasteiger partial charge in [0.05, 0.1) is 11.0 Å². The van der Waals surface area contributed by atoms with Crippen LogP contribution >= 0.6 is 0 Å².